The molecule has 0 aromatic rings. The molecule has 2 aliphatic rings. The number of carboxylic acids is 1. The summed E-state index contributed by atoms with van der Waals surface area (Å²) in [6.07, 6.45) is 1.98. The molecule has 0 aromatic heterocycles. The van der Waals surface area contributed by atoms with Crippen molar-refractivity contribution < 1.29 is 24.5 Å². The van der Waals surface area contributed by atoms with Gasteiger partial charge in [-0.05, 0) is 38.0 Å². The van der Waals surface area contributed by atoms with Gasteiger partial charge in [-0.2, -0.15) is 0 Å². The molecule has 2 rings (SSSR count). The van der Waals surface area contributed by atoms with Crippen LogP contribution in [0, 0.1) is 5.92 Å². The van der Waals surface area contributed by atoms with E-state index < -0.39 is 17.6 Å². The number of hydrogen-bond donors (Lipinski definition) is 2. The summed E-state index contributed by atoms with van der Waals surface area (Å²) in [7, 11) is 0. The van der Waals surface area contributed by atoms with E-state index in [1.165, 1.54) is 0 Å². The van der Waals surface area contributed by atoms with Crippen LogP contribution in [0.3, 0.4) is 0 Å². The Bertz CT molecular complexity index is 339. The molecule has 0 spiro atoms. The first-order chi connectivity index (χ1) is 8.56. The summed E-state index contributed by atoms with van der Waals surface area (Å²) in [6.45, 7) is 1.62. The largest absolute Gasteiger partial charge is 0.479 e. The average molecular weight is 257 g/mol. The van der Waals surface area contributed by atoms with Crippen molar-refractivity contribution in [2.45, 2.75) is 37.6 Å². The van der Waals surface area contributed by atoms with Crippen LogP contribution >= 0.6 is 0 Å². The van der Waals surface area contributed by atoms with Crippen LogP contribution in [0.4, 0.5) is 4.79 Å². The Morgan fingerprint density at radius 3 is 2.50 bits per heavy atom. The van der Waals surface area contributed by atoms with Crippen LogP contribution in [0.1, 0.15) is 32.1 Å². The predicted molar refractivity (Wildman–Crippen MR) is 62.5 cm³/mol. The Morgan fingerprint density at radius 2 is 1.94 bits per heavy atom. The number of carboxylic acid groups (broad SMARTS) is 2. The number of rotatable bonds is 3. The fourth-order valence-electron chi connectivity index (χ4n) is 3.11. The smallest absolute Gasteiger partial charge is 0.408 e. The van der Waals surface area contributed by atoms with E-state index in [0.717, 1.165) is 17.7 Å². The molecule has 1 unspecified atom stereocenters. The van der Waals surface area contributed by atoms with Gasteiger partial charge in [0.2, 0.25) is 0 Å². The molecule has 18 heavy (non-hydrogen) atoms. The molecule has 6 nitrogen and oxygen atoms in total. The number of aliphatic carboxylic acids is 1. The molecule has 6 heteroatoms. The Labute approximate surface area is 106 Å². The second kappa shape index (κ2) is 5.14. The van der Waals surface area contributed by atoms with Crippen LogP contribution in [0.25, 0.3) is 0 Å². The molecule has 0 aromatic carbocycles. The molecule has 0 radical (unpaired) electrons. The highest BCUT2D eigenvalue weighted by Gasteiger charge is 2.51. The van der Waals surface area contributed by atoms with Crippen molar-refractivity contribution in [3.05, 3.63) is 0 Å². The van der Waals surface area contributed by atoms with Gasteiger partial charge in [-0.15, -0.1) is 0 Å². The molecular formula is C12H19NO5. The highest BCUT2D eigenvalue weighted by Crippen LogP contribution is 2.38. The van der Waals surface area contributed by atoms with E-state index in [0.29, 0.717) is 39.0 Å². The SMILES string of the molecule is O=C(O)N1CCCC1(CC1CCOCC1)C(=O)O. The topological polar surface area (TPSA) is 87.1 Å². The van der Waals surface area contributed by atoms with Gasteiger partial charge in [0.1, 0.15) is 5.54 Å². The maximum atomic E-state index is 11.6. The van der Waals surface area contributed by atoms with Crippen molar-refractivity contribution in [3.8, 4) is 0 Å². The highest BCUT2D eigenvalue weighted by atomic mass is 16.5. The summed E-state index contributed by atoms with van der Waals surface area (Å²) in [6, 6.07) is 0. The first kappa shape index (κ1) is 13.1. The molecule has 2 heterocycles. The van der Waals surface area contributed by atoms with E-state index in [4.69, 9.17) is 9.84 Å². The van der Waals surface area contributed by atoms with Crippen molar-refractivity contribution in [1.82, 2.24) is 4.90 Å². The zero-order valence-corrected chi connectivity index (χ0v) is 10.3. The zero-order valence-electron chi connectivity index (χ0n) is 10.3. The number of ether oxygens (including phenoxy) is 1. The van der Waals surface area contributed by atoms with Gasteiger partial charge < -0.3 is 14.9 Å². The Kier molecular flexibility index (Phi) is 3.75. The van der Waals surface area contributed by atoms with Crippen molar-refractivity contribution >= 4 is 12.1 Å². The average Bonchev–Trinajstić information content (AvgIpc) is 2.75. The molecular weight excluding hydrogens is 238 g/mol. The van der Waals surface area contributed by atoms with E-state index in [2.05, 4.69) is 0 Å². The second-order valence-corrected chi connectivity index (χ2v) is 5.13. The van der Waals surface area contributed by atoms with E-state index >= 15 is 0 Å². The summed E-state index contributed by atoms with van der Waals surface area (Å²) in [5, 5.41) is 18.6. The van der Waals surface area contributed by atoms with Crippen LogP contribution in [-0.2, 0) is 9.53 Å². The molecule has 2 saturated heterocycles. The molecule has 0 saturated carbocycles. The van der Waals surface area contributed by atoms with Crippen LogP contribution in [0.5, 0.6) is 0 Å². The first-order valence-corrected chi connectivity index (χ1v) is 6.38. The lowest BCUT2D eigenvalue weighted by Crippen LogP contribution is -2.54. The Morgan fingerprint density at radius 1 is 1.28 bits per heavy atom. The van der Waals surface area contributed by atoms with Crippen molar-refractivity contribution in [2.75, 3.05) is 19.8 Å². The first-order valence-electron chi connectivity index (χ1n) is 6.38. The van der Waals surface area contributed by atoms with E-state index in [9.17, 15) is 14.7 Å². The molecule has 2 aliphatic heterocycles. The second-order valence-electron chi connectivity index (χ2n) is 5.13. The molecule has 0 bridgehead atoms. The summed E-state index contributed by atoms with van der Waals surface area (Å²) < 4.78 is 5.25. The van der Waals surface area contributed by atoms with Crippen molar-refractivity contribution in [2.24, 2.45) is 5.92 Å². The van der Waals surface area contributed by atoms with Crippen LogP contribution in [-0.4, -0.2) is 52.5 Å². The third-order valence-corrected chi connectivity index (χ3v) is 4.08. The summed E-state index contributed by atoms with van der Waals surface area (Å²) in [4.78, 5) is 23.9. The number of nitrogens with zero attached hydrogens (tertiary/aromatic N) is 1. The lowest BCUT2D eigenvalue weighted by atomic mass is 9.82. The van der Waals surface area contributed by atoms with Gasteiger partial charge in [-0.1, -0.05) is 0 Å². The van der Waals surface area contributed by atoms with Crippen LogP contribution in [0.2, 0.25) is 0 Å². The lowest BCUT2D eigenvalue weighted by Gasteiger charge is -2.36. The zero-order chi connectivity index (χ0) is 13.2. The highest BCUT2D eigenvalue weighted by molar-refractivity contribution is 5.84. The lowest BCUT2D eigenvalue weighted by molar-refractivity contribution is -0.150. The van der Waals surface area contributed by atoms with Gasteiger partial charge in [-0.3, -0.25) is 4.90 Å². The third kappa shape index (κ3) is 2.29. The van der Waals surface area contributed by atoms with Crippen LogP contribution in [0.15, 0.2) is 0 Å². The molecule has 1 atom stereocenters. The minimum Gasteiger partial charge on any atom is -0.479 e. The molecule has 102 valence electrons. The quantitative estimate of drug-likeness (QED) is 0.798. The maximum absolute atomic E-state index is 11.6. The monoisotopic (exact) mass is 257 g/mol. The van der Waals surface area contributed by atoms with Gasteiger partial charge >= 0.3 is 12.1 Å². The standard InChI is InChI=1S/C12H19NO5/c14-10(15)12(4-1-5-13(12)11(16)17)8-9-2-6-18-7-3-9/h9H,1-8H2,(H,14,15)(H,16,17). The van der Waals surface area contributed by atoms with E-state index in [-0.39, 0.29) is 5.92 Å². The summed E-state index contributed by atoms with van der Waals surface area (Å²) in [5.74, 6) is -0.760. The minimum atomic E-state index is -1.21. The minimum absolute atomic E-state index is 0.245. The van der Waals surface area contributed by atoms with Crippen LogP contribution < -0.4 is 0 Å². The fourth-order valence-corrected chi connectivity index (χ4v) is 3.11. The van der Waals surface area contributed by atoms with Gasteiger partial charge in [-0.25, -0.2) is 9.59 Å². The number of likely N-dealkylation sites (tertiary alicyclic amines) is 1. The Balaban J connectivity index is 2.15. The number of hydrogen-bond acceptors (Lipinski definition) is 3. The molecule has 0 aliphatic carbocycles. The van der Waals surface area contributed by atoms with Crippen molar-refractivity contribution in [3.63, 3.8) is 0 Å². The summed E-state index contributed by atoms with van der Waals surface area (Å²) in [5.41, 5.74) is -1.21. The molecule has 2 fully saturated rings. The van der Waals surface area contributed by atoms with E-state index in [1.807, 2.05) is 0 Å². The normalized spacial score (nSPS) is 29.4. The molecule has 2 N–H and O–H groups in total. The fraction of sp³-hybridized carbons (Fsp3) is 0.833. The van der Waals surface area contributed by atoms with Gasteiger partial charge in [0.15, 0.2) is 0 Å². The third-order valence-electron chi connectivity index (χ3n) is 4.08. The number of carbonyl (C=O) groups is 2. The van der Waals surface area contributed by atoms with Gasteiger partial charge in [0, 0.05) is 19.8 Å². The molecule has 1 amide bonds. The predicted octanol–water partition coefficient (Wildman–Crippen LogP) is 1.40. The van der Waals surface area contributed by atoms with Gasteiger partial charge in [0.25, 0.3) is 0 Å². The van der Waals surface area contributed by atoms with Crippen molar-refractivity contribution in [1.29, 1.82) is 0 Å². The summed E-state index contributed by atoms with van der Waals surface area (Å²) >= 11 is 0. The number of amides is 1. The Hall–Kier alpha value is -1.30. The maximum Gasteiger partial charge on any atom is 0.408 e. The van der Waals surface area contributed by atoms with E-state index in [1.54, 1.807) is 0 Å². The van der Waals surface area contributed by atoms with Gasteiger partial charge in [0.05, 0.1) is 0 Å².